The van der Waals surface area contributed by atoms with E-state index < -0.39 is 0 Å². The molecule has 0 amide bonds. The predicted octanol–water partition coefficient (Wildman–Crippen LogP) is 5.28. The van der Waals surface area contributed by atoms with E-state index in [0.717, 1.165) is 32.4 Å². The molecule has 1 heterocycles. The highest BCUT2D eigenvalue weighted by atomic mass is 16.5. The van der Waals surface area contributed by atoms with Crippen LogP contribution in [-0.2, 0) is 0 Å². The number of hydrogen-bond donors (Lipinski definition) is 0. The summed E-state index contributed by atoms with van der Waals surface area (Å²) in [6.07, 6.45) is 1.50. The zero-order valence-corrected chi connectivity index (χ0v) is 18.1. The summed E-state index contributed by atoms with van der Waals surface area (Å²) in [6, 6.07) is 32.9. The van der Waals surface area contributed by atoms with Gasteiger partial charge in [-0.05, 0) is 41.5 Å². The van der Waals surface area contributed by atoms with Crippen molar-refractivity contribution in [3.8, 4) is 28.1 Å². The van der Waals surface area contributed by atoms with E-state index >= 15 is 0 Å². The monoisotopic (exact) mass is 431 g/mol. The summed E-state index contributed by atoms with van der Waals surface area (Å²) in [5.74, 6) is 0. The molecule has 0 aliphatic rings. The van der Waals surface area contributed by atoms with E-state index in [9.17, 15) is 10.0 Å². The largest absolute Gasteiger partial charge is 0.624 e. The zero-order valence-electron chi connectivity index (χ0n) is 18.1. The van der Waals surface area contributed by atoms with Crippen LogP contribution in [0.3, 0.4) is 0 Å². The Morgan fingerprint density at radius 2 is 1.39 bits per heavy atom. The SMILES string of the molecule is C/[N+]([O-])=C/c1cccc(-c2nn(-c3ccc(-c4ccccc4)cc3)c(=O)c3ccccc23)c1. The van der Waals surface area contributed by atoms with E-state index in [1.165, 1.54) is 17.9 Å². The van der Waals surface area contributed by atoms with Crippen LogP contribution in [0.2, 0.25) is 0 Å². The Balaban J connectivity index is 1.68. The maximum atomic E-state index is 13.3. The van der Waals surface area contributed by atoms with E-state index in [4.69, 9.17) is 5.10 Å². The Kier molecular flexibility index (Phi) is 5.29. The maximum absolute atomic E-state index is 13.3. The smallest absolute Gasteiger partial charge is 0.279 e. The Morgan fingerprint density at radius 1 is 0.758 bits per heavy atom. The first-order chi connectivity index (χ1) is 16.1. The van der Waals surface area contributed by atoms with Gasteiger partial charge in [0, 0.05) is 16.5 Å². The van der Waals surface area contributed by atoms with Crippen LogP contribution in [0, 0.1) is 5.21 Å². The van der Waals surface area contributed by atoms with Crippen molar-refractivity contribution < 1.29 is 4.74 Å². The van der Waals surface area contributed by atoms with Gasteiger partial charge in [0.25, 0.3) is 5.56 Å². The fourth-order valence-electron chi connectivity index (χ4n) is 3.98. The number of hydroxylamine groups is 1. The van der Waals surface area contributed by atoms with E-state index in [2.05, 4.69) is 12.1 Å². The summed E-state index contributed by atoms with van der Waals surface area (Å²) in [6.45, 7) is 0. The van der Waals surface area contributed by atoms with Gasteiger partial charge in [0.15, 0.2) is 6.21 Å². The second-order valence-corrected chi connectivity index (χ2v) is 7.82. The topological polar surface area (TPSA) is 61.0 Å². The molecule has 33 heavy (non-hydrogen) atoms. The Hall–Kier alpha value is -4.51. The van der Waals surface area contributed by atoms with Crippen LogP contribution in [0.15, 0.2) is 108 Å². The van der Waals surface area contributed by atoms with Gasteiger partial charge in [0.1, 0.15) is 7.05 Å². The van der Waals surface area contributed by atoms with E-state index in [-0.39, 0.29) is 5.56 Å². The molecule has 160 valence electrons. The molecular formula is C28H21N3O2. The summed E-state index contributed by atoms with van der Waals surface area (Å²) in [4.78, 5) is 13.3. The van der Waals surface area contributed by atoms with Crippen molar-refractivity contribution in [3.05, 3.63) is 124 Å². The van der Waals surface area contributed by atoms with Gasteiger partial charge in [0.2, 0.25) is 0 Å². The molecule has 0 N–H and O–H groups in total. The normalized spacial score (nSPS) is 11.6. The number of rotatable bonds is 4. The van der Waals surface area contributed by atoms with Gasteiger partial charge in [-0.15, -0.1) is 0 Å². The second kappa shape index (κ2) is 8.55. The first kappa shape index (κ1) is 20.4. The minimum Gasteiger partial charge on any atom is -0.624 e. The Morgan fingerprint density at radius 3 is 2.12 bits per heavy atom. The lowest BCUT2D eigenvalue weighted by molar-refractivity contribution is -0.416. The number of nitrogens with zero attached hydrogens (tertiary/aromatic N) is 3. The van der Waals surface area contributed by atoms with Gasteiger partial charge in [-0.2, -0.15) is 9.78 Å². The van der Waals surface area contributed by atoms with Crippen LogP contribution >= 0.6 is 0 Å². The molecule has 5 heteroatoms. The lowest BCUT2D eigenvalue weighted by Gasteiger charge is -2.12. The molecule has 4 aromatic carbocycles. The predicted molar refractivity (Wildman–Crippen MR) is 133 cm³/mol. The van der Waals surface area contributed by atoms with Crippen LogP contribution in [-0.4, -0.2) is 27.8 Å². The zero-order chi connectivity index (χ0) is 22.8. The average molecular weight is 431 g/mol. The molecule has 0 atom stereocenters. The molecule has 5 aromatic rings. The third-order valence-corrected chi connectivity index (χ3v) is 5.51. The molecule has 0 saturated heterocycles. The lowest BCUT2D eigenvalue weighted by atomic mass is 10.0. The third-order valence-electron chi connectivity index (χ3n) is 5.51. The first-order valence-corrected chi connectivity index (χ1v) is 10.6. The fourth-order valence-corrected chi connectivity index (χ4v) is 3.98. The number of hydrogen-bond acceptors (Lipinski definition) is 3. The third kappa shape index (κ3) is 4.04. The van der Waals surface area contributed by atoms with Crippen LogP contribution < -0.4 is 5.56 Å². The molecule has 5 rings (SSSR count). The summed E-state index contributed by atoms with van der Waals surface area (Å²) >= 11 is 0. The number of benzene rings is 4. The van der Waals surface area contributed by atoms with Gasteiger partial charge < -0.3 is 5.21 Å². The number of aromatic nitrogens is 2. The molecule has 0 saturated carbocycles. The molecule has 0 spiro atoms. The summed E-state index contributed by atoms with van der Waals surface area (Å²) in [5.41, 5.74) is 4.97. The van der Waals surface area contributed by atoms with Crippen molar-refractivity contribution in [2.75, 3.05) is 7.05 Å². The molecule has 0 radical (unpaired) electrons. The first-order valence-electron chi connectivity index (χ1n) is 10.6. The molecule has 5 nitrogen and oxygen atoms in total. The quantitative estimate of drug-likeness (QED) is 0.168. The van der Waals surface area contributed by atoms with Crippen molar-refractivity contribution in [3.63, 3.8) is 0 Å². The molecule has 1 aromatic heterocycles. The van der Waals surface area contributed by atoms with Crippen molar-refractivity contribution in [2.45, 2.75) is 0 Å². The fraction of sp³-hybridized carbons (Fsp3) is 0.0357. The molecule has 0 bridgehead atoms. The maximum Gasteiger partial charge on any atom is 0.279 e. The van der Waals surface area contributed by atoms with Crippen LogP contribution in [0.25, 0.3) is 38.8 Å². The molecule has 0 aliphatic heterocycles. The lowest BCUT2D eigenvalue weighted by Crippen LogP contribution is -2.22. The summed E-state index contributed by atoms with van der Waals surface area (Å²) in [7, 11) is 1.44. The minimum atomic E-state index is -0.177. The van der Waals surface area contributed by atoms with Crippen LogP contribution in [0.5, 0.6) is 0 Å². The molecule has 0 fully saturated rings. The minimum absolute atomic E-state index is 0.177. The van der Waals surface area contributed by atoms with Crippen molar-refractivity contribution in [1.29, 1.82) is 0 Å². The van der Waals surface area contributed by atoms with Crippen molar-refractivity contribution >= 4 is 17.0 Å². The standard InChI is InChI=1S/C28H21N3O2/c1-30(33)19-20-8-7-11-23(18-20)27-25-12-5-6-13-26(25)28(32)31(29-27)24-16-14-22(15-17-24)21-9-3-2-4-10-21/h2-19H,1H3/b30-19-. The van der Waals surface area contributed by atoms with E-state index in [1.807, 2.05) is 91.0 Å². The molecule has 0 aliphatic carbocycles. The van der Waals surface area contributed by atoms with Gasteiger partial charge in [0.05, 0.1) is 16.8 Å². The number of fused-ring (bicyclic) bond motifs is 1. The highest BCUT2D eigenvalue weighted by molar-refractivity contribution is 5.94. The summed E-state index contributed by atoms with van der Waals surface area (Å²) in [5, 5.41) is 17.6. The molecule has 0 unspecified atom stereocenters. The van der Waals surface area contributed by atoms with E-state index in [0.29, 0.717) is 16.8 Å². The highest BCUT2D eigenvalue weighted by Gasteiger charge is 2.14. The van der Waals surface area contributed by atoms with Crippen LogP contribution in [0.4, 0.5) is 0 Å². The summed E-state index contributed by atoms with van der Waals surface area (Å²) < 4.78 is 2.21. The van der Waals surface area contributed by atoms with Gasteiger partial charge >= 0.3 is 0 Å². The van der Waals surface area contributed by atoms with E-state index in [1.54, 1.807) is 0 Å². The van der Waals surface area contributed by atoms with Gasteiger partial charge in [-0.1, -0.05) is 72.8 Å². The van der Waals surface area contributed by atoms with Gasteiger partial charge in [-0.25, -0.2) is 4.74 Å². The van der Waals surface area contributed by atoms with Crippen LogP contribution in [0.1, 0.15) is 5.56 Å². The Labute approximate surface area is 191 Å². The Bertz CT molecular complexity index is 1530. The molecular weight excluding hydrogens is 410 g/mol. The van der Waals surface area contributed by atoms with Gasteiger partial charge in [-0.3, -0.25) is 4.79 Å². The average Bonchev–Trinajstić information content (AvgIpc) is 2.85. The van der Waals surface area contributed by atoms with Crippen molar-refractivity contribution in [1.82, 2.24) is 9.78 Å². The highest BCUT2D eigenvalue weighted by Crippen LogP contribution is 2.26. The second-order valence-electron chi connectivity index (χ2n) is 7.82. The van der Waals surface area contributed by atoms with Crippen molar-refractivity contribution in [2.24, 2.45) is 0 Å².